The van der Waals surface area contributed by atoms with Gasteiger partial charge >= 0.3 is 18.2 Å². The first kappa shape index (κ1) is 16.7. The molecule has 0 atom stereocenters. The van der Waals surface area contributed by atoms with Gasteiger partial charge in [0.05, 0.1) is 11.9 Å². The zero-order valence-electron chi connectivity index (χ0n) is 11.1. The van der Waals surface area contributed by atoms with E-state index in [9.17, 15) is 22.8 Å². The third-order valence-electron chi connectivity index (χ3n) is 2.41. The number of nitrogens with one attached hydrogen (secondary N) is 1. The fourth-order valence-corrected chi connectivity index (χ4v) is 1.52. The van der Waals surface area contributed by atoms with E-state index in [4.69, 9.17) is 5.11 Å². The van der Waals surface area contributed by atoms with E-state index < -0.39 is 30.4 Å². The number of hydrogen-bond donors (Lipinski definition) is 2. The minimum Gasteiger partial charge on any atom is -0.480 e. The molecule has 116 valence electrons. The highest BCUT2D eigenvalue weighted by atomic mass is 19.4. The summed E-state index contributed by atoms with van der Waals surface area (Å²) in [4.78, 5) is 26.7. The Labute approximate surface area is 118 Å². The van der Waals surface area contributed by atoms with Gasteiger partial charge in [-0.05, 0) is 18.6 Å². The van der Waals surface area contributed by atoms with Gasteiger partial charge in [0.15, 0.2) is 0 Å². The van der Waals surface area contributed by atoms with Crippen molar-refractivity contribution in [2.45, 2.75) is 19.5 Å². The molecule has 6 nitrogen and oxygen atoms in total. The Balaban J connectivity index is 2.74. The number of aliphatic carboxylic acids is 1. The highest BCUT2D eigenvalue weighted by Crippen LogP contribution is 2.27. The van der Waals surface area contributed by atoms with Gasteiger partial charge in [-0.3, -0.25) is 4.79 Å². The predicted octanol–water partition coefficient (Wildman–Crippen LogP) is 2.43. The van der Waals surface area contributed by atoms with E-state index >= 15 is 0 Å². The number of carboxylic acids is 1. The van der Waals surface area contributed by atoms with Gasteiger partial charge in [-0.15, -0.1) is 0 Å². The van der Waals surface area contributed by atoms with Crippen LogP contribution in [0.4, 0.5) is 23.7 Å². The second-order valence-corrected chi connectivity index (χ2v) is 4.18. The van der Waals surface area contributed by atoms with Crippen LogP contribution in [0.1, 0.15) is 19.0 Å². The average molecular weight is 305 g/mol. The van der Waals surface area contributed by atoms with Crippen molar-refractivity contribution in [1.82, 2.24) is 9.88 Å². The molecule has 0 unspecified atom stereocenters. The van der Waals surface area contributed by atoms with Crippen LogP contribution < -0.4 is 5.32 Å². The van der Waals surface area contributed by atoms with Crippen molar-refractivity contribution in [3.8, 4) is 0 Å². The van der Waals surface area contributed by atoms with Crippen LogP contribution in [0.2, 0.25) is 0 Å². The lowest BCUT2D eigenvalue weighted by Crippen LogP contribution is -2.39. The molecule has 0 fully saturated rings. The molecule has 0 aliphatic carbocycles. The van der Waals surface area contributed by atoms with Crippen LogP contribution in [0.25, 0.3) is 0 Å². The molecule has 2 amide bonds. The van der Waals surface area contributed by atoms with Gasteiger partial charge < -0.3 is 15.3 Å². The molecule has 0 radical (unpaired) electrons. The topological polar surface area (TPSA) is 82.5 Å². The molecule has 0 aromatic carbocycles. The van der Waals surface area contributed by atoms with Crippen molar-refractivity contribution in [2.24, 2.45) is 0 Å². The van der Waals surface area contributed by atoms with Gasteiger partial charge in [0, 0.05) is 6.54 Å². The highest BCUT2D eigenvalue weighted by Gasteiger charge is 2.32. The Hall–Kier alpha value is -2.32. The number of amides is 2. The number of rotatable bonds is 5. The summed E-state index contributed by atoms with van der Waals surface area (Å²) in [5, 5.41) is 11.0. The summed E-state index contributed by atoms with van der Waals surface area (Å²) >= 11 is 0. The third kappa shape index (κ3) is 5.28. The fourth-order valence-electron chi connectivity index (χ4n) is 1.52. The number of nitrogens with zero attached hydrogens (tertiary/aromatic N) is 2. The minimum atomic E-state index is -4.56. The van der Waals surface area contributed by atoms with E-state index in [1.165, 1.54) is 0 Å². The molecule has 2 N–H and O–H groups in total. The third-order valence-corrected chi connectivity index (χ3v) is 2.41. The zero-order chi connectivity index (χ0) is 16.0. The number of alkyl halides is 3. The molecular weight excluding hydrogens is 291 g/mol. The summed E-state index contributed by atoms with van der Waals surface area (Å²) < 4.78 is 37.0. The number of anilines is 1. The van der Waals surface area contributed by atoms with Gasteiger partial charge in [0.2, 0.25) is 0 Å². The minimum absolute atomic E-state index is 0.0551. The first-order chi connectivity index (χ1) is 9.74. The summed E-state index contributed by atoms with van der Waals surface area (Å²) in [6.45, 7) is 1.49. The number of aromatic nitrogens is 1. The second-order valence-electron chi connectivity index (χ2n) is 4.18. The number of halogens is 3. The Kier molecular flexibility index (Phi) is 5.51. The summed E-state index contributed by atoms with van der Waals surface area (Å²) in [5.41, 5.74) is -1.02. The summed E-state index contributed by atoms with van der Waals surface area (Å²) in [5.74, 6) is -1.18. The van der Waals surface area contributed by atoms with Gasteiger partial charge in [0.1, 0.15) is 12.2 Å². The molecule has 0 aliphatic heterocycles. The largest absolute Gasteiger partial charge is 0.480 e. The summed E-state index contributed by atoms with van der Waals surface area (Å²) in [6, 6.07) is 1.08. The lowest BCUT2D eigenvalue weighted by molar-refractivity contribution is -0.141. The van der Waals surface area contributed by atoms with Crippen LogP contribution in [0.15, 0.2) is 18.3 Å². The molecule has 1 aromatic heterocycles. The average Bonchev–Trinajstić information content (AvgIpc) is 2.37. The van der Waals surface area contributed by atoms with Crippen LogP contribution in [0.3, 0.4) is 0 Å². The number of hydrogen-bond acceptors (Lipinski definition) is 3. The van der Waals surface area contributed by atoms with E-state index in [0.29, 0.717) is 6.42 Å². The summed E-state index contributed by atoms with van der Waals surface area (Å²) in [7, 11) is 0. The van der Waals surface area contributed by atoms with E-state index in [1.807, 2.05) is 0 Å². The standard InChI is InChI=1S/C12H14F3N3O3/c1-2-5-18(7-10(19)20)11(21)17-8-3-4-9(16-6-8)12(13,14)15/h3-4,6H,2,5,7H2,1H3,(H,17,21)(H,19,20). The smallest absolute Gasteiger partial charge is 0.433 e. The molecule has 0 saturated heterocycles. The Morgan fingerprint density at radius 1 is 1.38 bits per heavy atom. The Morgan fingerprint density at radius 3 is 2.48 bits per heavy atom. The molecule has 1 heterocycles. The van der Waals surface area contributed by atoms with Crippen LogP contribution in [0.5, 0.6) is 0 Å². The van der Waals surface area contributed by atoms with E-state index in [1.54, 1.807) is 6.92 Å². The van der Waals surface area contributed by atoms with Crippen LogP contribution in [-0.4, -0.2) is 40.1 Å². The van der Waals surface area contributed by atoms with E-state index in [2.05, 4.69) is 10.3 Å². The molecule has 0 bridgehead atoms. The van der Waals surface area contributed by atoms with E-state index in [0.717, 1.165) is 23.2 Å². The lowest BCUT2D eigenvalue weighted by Gasteiger charge is -2.20. The maximum Gasteiger partial charge on any atom is 0.433 e. The predicted molar refractivity (Wildman–Crippen MR) is 67.8 cm³/mol. The first-order valence-corrected chi connectivity index (χ1v) is 6.05. The number of carbonyl (C=O) groups excluding carboxylic acids is 1. The highest BCUT2D eigenvalue weighted by molar-refractivity contribution is 5.91. The molecule has 21 heavy (non-hydrogen) atoms. The van der Waals surface area contributed by atoms with Gasteiger partial charge in [-0.1, -0.05) is 6.92 Å². The lowest BCUT2D eigenvalue weighted by atomic mass is 10.3. The Bertz CT molecular complexity index is 503. The molecule has 9 heteroatoms. The summed E-state index contributed by atoms with van der Waals surface area (Å²) in [6.07, 6.45) is -3.14. The van der Waals surface area contributed by atoms with Crippen LogP contribution in [-0.2, 0) is 11.0 Å². The zero-order valence-corrected chi connectivity index (χ0v) is 11.1. The monoisotopic (exact) mass is 305 g/mol. The van der Waals surface area contributed by atoms with Crippen molar-refractivity contribution in [3.05, 3.63) is 24.0 Å². The number of urea groups is 1. The molecule has 1 aromatic rings. The molecule has 0 saturated carbocycles. The van der Waals surface area contributed by atoms with Gasteiger partial charge in [0.25, 0.3) is 0 Å². The number of pyridine rings is 1. The van der Waals surface area contributed by atoms with Crippen molar-refractivity contribution < 1.29 is 27.9 Å². The van der Waals surface area contributed by atoms with Crippen LogP contribution in [0, 0.1) is 0 Å². The van der Waals surface area contributed by atoms with Crippen molar-refractivity contribution in [2.75, 3.05) is 18.4 Å². The molecule has 0 aliphatic rings. The SMILES string of the molecule is CCCN(CC(=O)O)C(=O)Nc1ccc(C(F)(F)F)nc1. The Morgan fingerprint density at radius 2 is 2.05 bits per heavy atom. The first-order valence-electron chi connectivity index (χ1n) is 6.05. The molecule has 0 spiro atoms. The van der Waals surface area contributed by atoms with Crippen molar-refractivity contribution >= 4 is 17.7 Å². The maximum absolute atomic E-state index is 12.3. The fraction of sp³-hybridized carbons (Fsp3) is 0.417. The number of carbonyl (C=O) groups is 2. The normalized spacial score (nSPS) is 11.0. The van der Waals surface area contributed by atoms with Crippen molar-refractivity contribution in [3.63, 3.8) is 0 Å². The van der Waals surface area contributed by atoms with Gasteiger partial charge in [-0.25, -0.2) is 9.78 Å². The van der Waals surface area contributed by atoms with Crippen LogP contribution >= 0.6 is 0 Å². The quantitative estimate of drug-likeness (QED) is 0.875. The number of carboxylic acid groups (broad SMARTS) is 1. The molecule has 1 rings (SSSR count). The van der Waals surface area contributed by atoms with Gasteiger partial charge in [-0.2, -0.15) is 13.2 Å². The van der Waals surface area contributed by atoms with E-state index in [-0.39, 0.29) is 12.2 Å². The van der Waals surface area contributed by atoms with Crippen molar-refractivity contribution in [1.29, 1.82) is 0 Å². The molecular formula is C12H14F3N3O3. The second kappa shape index (κ2) is 6.91. The maximum atomic E-state index is 12.3.